The number of carbonyl (C=O) groups excluding carboxylic acids is 1. The maximum absolute atomic E-state index is 12.6. The number of hydrogen-bond donors (Lipinski definition) is 1. The molecule has 0 aliphatic carbocycles. The monoisotopic (exact) mass is 381 g/mol. The lowest BCUT2D eigenvalue weighted by molar-refractivity contribution is -0.138. The van der Waals surface area contributed by atoms with Crippen LogP contribution in [0.15, 0.2) is 48.5 Å². The Kier molecular flexibility index (Phi) is 6.69. The lowest BCUT2D eigenvalue weighted by Gasteiger charge is -2.31. The summed E-state index contributed by atoms with van der Waals surface area (Å²) < 4.78 is 5.91. The predicted molar refractivity (Wildman–Crippen MR) is 107 cm³/mol. The summed E-state index contributed by atoms with van der Waals surface area (Å²) >= 11 is 0. The fraction of sp³-hybridized carbons (Fsp3) is 0.391. The van der Waals surface area contributed by atoms with E-state index in [1.165, 1.54) is 5.56 Å². The lowest BCUT2D eigenvalue weighted by atomic mass is 9.93. The average Bonchev–Trinajstić information content (AvgIpc) is 2.68. The fourth-order valence-electron chi connectivity index (χ4n) is 3.60. The second-order valence-corrected chi connectivity index (χ2v) is 7.46. The van der Waals surface area contributed by atoms with Crippen LogP contribution in [0.25, 0.3) is 0 Å². The molecule has 1 heterocycles. The normalized spacial score (nSPS) is 14.7. The van der Waals surface area contributed by atoms with E-state index in [-0.39, 0.29) is 18.2 Å². The van der Waals surface area contributed by atoms with Crippen molar-refractivity contribution in [1.29, 1.82) is 0 Å². The van der Waals surface area contributed by atoms with Gasteiger partial charge >= 0.3 is 5.97 Å². The number of aryl methyl sites for hydroxylation is 1. The largest absolute Gasteiger partial charge is 0.489 e. The number of piperidine rings is 1. The summed E-state index contributed by atoms with van der Waals surface area (Å²) in [4.78, 5) is 25.3. The van der Waals surface area contributed by atoms with Crippen LogP contribution in [-0.2, 0) is 22.6 Å². The van der Waals surface area contributed by atoms with Crippen LogP contribution in [0, 0.1) is 12.8 Å². The zero-order chi connectivity index (χ0) is 19.9. The standard InChI is InChI=1S/C23H27NO4/c1-17-5-2-3-7-20(17)16-28-21-8-4-6-19(13-21)14-22(25)24-11-9-18(10-12-24)15-23(26)27/h2-8,13,18H,9-12,14-16H2,1H3,(H,26,27). The maximum atomic E-state index is 12.6. The van der Waals surface area contributed by atoms with Crippen molar-refractivity contribution in [1.82, 2.24) is 4.90 Å². The van der Waals surface area contributed by atoms with E-state index in [1.54, 1.807) is 0 Å². The molecule has 5 nitrogen and oxygen atoms in total. The number of likely N-dealkylation sites (tertiary alicyclic amines) is 1. The van der Waals surface area contributed by atoms with E-state index in [1.807, 2.05) is 41.3 Å². The van der Waals surface area contributed by atoms with Crippen molar-refractivity contribution in [3.63, 3.8) is 0 Å². The SMILES string of the molecule is Cc1ccccc1COc1cccc(CC(=O)N2CCC(CC(=O)O)CC2)c1. The van der Waals surface area contributed by atoms with Crippen molar-refractivity contribution in [2.24, 2.45) is 5.92 Å². The molecule has 0 unspecified atom stereocenters. The molecule has 1 N–H and O–H groups in total. The number of ether oxygens (including phenoxy) is 1. The van der Waals surface area contributed by atoms with Gasteiger partial charge in [0.05, 0.1) is 6.42 Å². The van der Waals surface area contributed by atoms with E-state index in [9.17, 15) is 9.59 Å². The van der Waals surface area contributed by atoms with E-state index in [0.29, 0.717) is 26.1 Å². The van der Waals surface area contributed by atoms with Gasteiger partial charge in [0.15, 0.2) is 0 Å². The molecular formula is C23H27NO4. The van der Waals surface area contributed by atoms with Crippen molar-refractivity contribution in [2.45, 2.75) is 39.2 Å². The summed E-state index contributed by atoms with van der Waals surface area (Å²) in [5.41, 5.74) is 3.27. The first-order chi connectivity index (χ1) is 13.5. The van der Waals surface area contributed by atoms with Crippen LogP contribution in [0.1, 0.15) is 36.0 Å². The Morgan fingerprint density at radius 3 is 2.57 bits per heavy atom. The Morgan fingerprint density at radius 1 is 1.11 bits per heavy atom. The van der Waals surface area contributed by atoms with E-state index < -0.39 is 5.97 Å². The highest BCUT2D eigenvalue weighted by molar-refractivity contribution is 5.79. The molecule has 0 radical (unpaired) electrons. The lowest BCUT2D eigenvalue weighted by Crippen LogP contribution is -2.39. The van der Waals surface area contributed by atoms with Crippen LogP contribution < -0.4 is 4.74 Å². The van der Waals surface area contributed by atoms with Gasteiger partial charge in [0.25, 0.3) is 0 Å². The molecule has 1 aliphatic heterocycles. The number of rotatable bonds is 7. The highest BCUT2D eigenvalue weighted by Crippen LogP contribution is 2.22. The van der Waals surface area contributed by atoms with Gasteiger partial charge in [-0.2, -0.15) is 0 Å². The summed E-state index contributed by atoms with van der Waals surface area (Å²) in [5.74, 6) is 0.269. The molecule has 148 valence electrons. The minimum Gasteiger partial charge on any atom is -0.489 e. The van der Waals surface area contributed by atoms with Crippen LogP contribution >= 0.6 is 0 Å². The number of hydrogen-bond acceptors (Lipinski definition) is 3. The summed E-state index contributed by atoms with van der Waals surface area (Å²) in [6.45, 7) is 3.84. The van der Waals surface area contributed by atoms with Crippen molar-refractivity contribution in [2.75, 3.05) is 13.1 Å². The molecule has 28 heavy (non-hydrogen) atoms. The van der Waals surface area contributed by atoms with Gasteiger partial charge in [0.1, 0.15) is 12.4 Å². The zero-order valence-electron chi connectivity index (χ0n) is 16.3. The summed E-state index contributed by atoms with van der Waals surface area (Å²) in [7, 11) is 0. The Balaban J connectivity index is 1.52. The van der Waals surface area contributed by atoms with Crippen molar-refractivity contribution < 1.29 is 19.4 Å². The molecule has 1 aliphatic rings. The van der Waals surface area contributed by atoms with Gasteiger partial charge in [-0.1, -0.05) is 36.4 Å². The van der Waals surface area contributed by atoms with Gasteiger partial charge in [0.2, 0.25) is 5.91 Å². The van der Waals surface area contributed by atoms with E-state index in [0.717, 1.165) is 29.7 Å². The van der Waals surface area contributed by atoms with Crippen molar-refractivity contribution in [3.05, 3.63) is 65.2 Å². The first-order valence-corrected chi connectivity index (χ1v) is 9.77. The second-order valence-electron chi connectivity index (χ2n) is 7.46. The molecule has 2 aromatic rings. The van der Waals surface area contributed by atoms with Crippen molar-refractivity contribution >= 4 is 11.9 Å². The molecule has 5 heteroatoms. The van der Waals surface area contributed by atoms with E-state index >= 15 is 0 Å². The molecule has 2 aromatic carbocycles. The summed E-state index contributed by atoms with van der Waals surface area (Å²) in [5, 5.41) is 8.90. The molecule has 1 amide bonds. The first kappa shape index (κ1) is 19.9. The molecule has 1 saturated heterocycles. The third-order valence-corrected chi connectivity index (χ3v) is 5.34. The molecule has 0 saturated carbocycles. The topological polar surface area (TPSA) is 66.8 Å². The van der Waals surface area contributed by atoms with Gasteiger partial charge in [-0.05, 0) is 54.5 Å². The molecule has 0 atom stereocenters. The Labute approximate surface area is 165 Å². The third-order valence-electron chi connectivity index (χ3n) is 5.34. The third kappa shape index (κ3) is 5.59. The van der Waals surface area contributed by atoms with E-state index in [4.69, 9.17) is 9.84 Å². The number of aliphatic carboxylic acids is 1. The average molecular weight is 381 g/mol. The quantitative estimate of drug-likeness (QED) is 0.792. The Morgan fingerprint density at radius 2 is 1.86 bits per heavy atom. The van der Waals surface area contributed by atoms with Gasteiger partial charge in [-0.15, -0.1) is 0 Å². The highest BCUT2D eigenvalue weighted by atomic mass is 16.5. The minimum atomic E-state index is -0.757. The zero-order valence-corrected chi connectivity index (χ0v) is 16.3. The van der Waals surface area contributed by atoms with Crippen LogP contribution in [0.2, 0.25) is 0 Å². The number of carbonyl (C=O) groups is 2. The smallest absolute Gasteiger partial charge is 0.303 e. The molecule has 0 aromatic heterocycles. The number of amides is 1. The number of carboxylic acids is 1. The van der Waals surface area contributed by atoms with Crippen LogP contribution in [0.5, 0.6) is 5.75 Å². The highest BCUT2D eigenvalue weighted by Gasteiger charge is 2.24. The number of nitrogens with zero attached hydrogens (tertiary/aromatic N) is 1. The summed E-state index contributed by atoms with van der Waals surface area (Å²) in [6, 6.07) is 15.8. The van der Waals surface area contributed by atoms with Gasteiger partial charge in [0, 0.05) is 19.5 Å². The van der Waals surface area contributed by atoms with Crippen molar-refractivity contribution in [3.8, 4) is 5.75 Å². The molecule has 3 rings (SSSR count). The second kappa shape index (κ2) is 9.40. The van der Waals surface area contributed by atoms with Crippen LogP contribution in [0.4, 0.5) is 0 Å². The van der Waals surface area contributed by atoms with Crippen LogP contribution in [0.3, 0.4) is 0 Å². The molecule has 0 spiro atoms. The van der Waals surface area contributed by atoms with Crippen LogP contribution in [-0.4, -0.2) is 35.0 Å². The summed E-state index contributed by atoms with van der Waals surface area (Å²) in [6.07, 6.45) is 2.06. The predicted octanol–water partition coefficient (Wildman–Crippen LogP) is 3.83. The molecule has 0 bridgehead atoms. The maximum Gasteiger partial charge on any atom is 0.303 e. The number of benzene rings is 2. The Hall–Kier alpha value is -2.82. The minimum absolute atomic E-state index is 0.0878. The Bertz CT molecular complexity index is 825. The number of carboxylic acid groups (broad SMARTS) is 1. The van der Waals surface area contributed by atoms with Gasteiger partial charge in [-0.25, -0.2) is 0 Å². The molecule has 1 fully saturated rings. The first-order valence-electron chi connectivity index (χ1n) is 9.77. The fourth-order valence-corrected chi connectivity index (χ4v) is 3.60. The van der Waals surface area contributed by atoms with Gasteiger partial charge in [-0.3, -0.25) is 9.59 Å². The van der Waals surface area contributed by atoms with Gasteiger partial charge < -0.3 is 14.7 Å². The molecular weight excluding hydrogens is 354 g/mol. The van der Waals surface area contributed by atoms with E-state index in [2.05, 4.69) is 19.1 Å².